The zero-order valence-electron chi connectivity index (χ0n) is 14.1. The van der Waals surface area contributed by atoms with E-state index in [-0.39, 0.29) is 6.42 Å². The van der Waals surface area contributed by atoms with Gasteiger partial charge in [-0.3, -0.25) is 4.79 Å². The molecule has 0 aliphatic heterocycles. The van der Waals surface area contributed by atoms with Crippen molar-refractivity contribution in [3.05, 3.63) is 58.1 Å². The van der Waals surface area contributed by atoms with Crippen molar-refractivity contribution in [2.45, 2.75) is 12.5 Å². The van der Waals surface area contributed by atoms with E-state index < -0.39 is 22.0 Å². The Morgan fingerprint density at radius 1 is 1.15 bits per heavy atom. The van der Waals surface area contributed by atoms with E-state index >= 15 is 0 Å². The molecule has 0 aromatic heterocycles. The number of benzene rings is 2. The van der Waals surface area contributed by atoms with Gasteiger partial charge in [0.15, 0.2) is 0 Å². The van der Waals surface area contributed by atoms with Gasteiger partial charge in [-0.15, -0.1) is 0 Å². The van der Waals surface area contributed by atoms with E-state index in [9.17, 15) is 13.2 Å². The highest BCUT2D eigenvalue weighted by molar-refractivity contribution is 7.88. The van der Waals surface area contributed by atoms with Crippen LogP contribution < -0.4 is 14.8 Å². The third-order valence-corrected chi connectivity index (χ3v) is 4.73. The van der Waals surface area contributed by atoms with Crippen LogP contribution in [-0.4, -0.2) is 27.7 Å². The summed E-state index contributed by atoms with van der Waals surface area (Å²) < 4.78 is 30.9. The van der Waals surface area contributed by atoms with Crippen molar-refractivity contribution in [3.8, 4) is 5.75 Å². The fourth-order valence-corrected chi connectivity index (χ4v) is 3.49. The predicted molar refractivity (Wildman–Crippen MR) is 103 cm³/mol. The number of anilines is 1. The Balaban J connectivity index is 2.18. The summed E-state index contributed by atoms with van der Waals surface area (Å²) in [6, 6.07) is 10.7. The number of hydrogen-bond acceptors (Lipinski definition) is 4. The number of carbonyl (C=O) groups is 1. The maximum absolute atomic E-state index is 12.4. The molecule has 0 spiro atoms. The Hall–Kier alpha value is -1.80. The van der Waals surface area contributed by atoms with Crippen LogP contribution in [0.2, 0.25) is 10.0 Å². The summed E-state index contributed by atoms with van der Waals surface area (Å²) >= 11 is 11.9. The Morgan fingerprint density at radius 2 is 1.81 bits per heavy atom. The van der Waals surface area contributed by atoms with E-state index in [1.165, 1.54) is 13.2 Å². The highest BCUT2D eigenvalue weighted by atomic mass is 35.5. The number of hydrogen-bond donors (Lipinski definition) is 2. The van der Waals surface area contributed by atoms with Gasteiger partial charge in [-0.1, -0.05) is 35.3 Å². The molecule has 0 saturated heterocycles. The van der Waals surface area contributed by atoms with Crippen molar-refractivity contribution in [1.29, 1.82) is 0 Å². The largest absolute Gasteiger partial charge is 0.497 e. The predicted octanol–water partition coefficient (Wildman–Crippen LogP) is 3.62. The third-order valence-electron chi connectivity index (χ3n) is 3.47. The van der Waals surface area contributed by atoms with Crippen molar-refractivity contribution >= 4 is 44.8 Å². The molecule has 1 amide bonds. The van der Waals surface area contributed by atoms with Gasteiger partial charge in [0.1, 0.15) is 5.75 Å². The topological polar surface area (TPSA) is 84.5 Å². The number of sulfonamides is 1. The molecule has 2 rings (SSSR count). The van der Waals surface area contributed by atoms with Crippen LogP contribution in [-0.2, 0) is 14.8 Å². The molecule has 0 aliphatic carbocycles. The molecule has 0 bridgehead atoms. The Bertz CT molecular complexity index is 886. The fraction of sp³-hybridized carbons (Fsp3) is 0.235. The maximum atomic E-state index is 12.4. The minimum absolute atomic E-state index is 0.113. The molecule has 6 nitrogen and oxygen atoms in total. The molecule has 0 aliphatic rings. The zero-order valence-corrected chi connectivity index (χ0v) is 16.5. The fourth-order valence-electron chi connectivity index (χ4n) is 2.30. The molecule has 2 aromatic rings. The summed E-state index contributed by atoms with van der Waals surface area (Å²) in [5, 5.41) is 3.40. The van der Waals surface area contributed by atoms with Crippen molar-refractivity contribution in [3.63, 3.8) is 0 Å². The zero-order chi connectivity index (χ0) is 19.3. The second-order valence-corrected chi connectivity index (χ2v) is 8.22. The van der Waals surface area contributed by atoms with Gasteiger partial charge < -0.3 is 10.1 Å². The number of methoxy groups -OCH3 is 1. The standard InChI is InChI=1S/C17H18Cl2N2O4S/c1-25-13-6-3-11(4-7-13)16(21-26(2,23)24)10-17(22)20-15-8-5-12(18)9-14(15)19/h3-9,16,21H,10H2,1-2H3,(H,20,22)/t16-/m0/s1. The maximum Gasteiger partial charge on any atom is 0.226 e. The highest BCUT2D eigenvalue weighted by Gasteiger charge is 2.20. The molecule has 0 unspecified atom stereocenters. The molecule has 140 valence electrons. The molecular formula is C17H18Cl2N2O4S. The van der Waals surface area contributed by atoms with Crippen LogP contribution in [0.15, 0.2) is 42.5 Å². The molecule has 2 aromatic carbocycles. The monoisotopic (exact) mass is 416 g/mol. The molecule has 0 radical (unpaired) electrons. The average molecular weight is 417 g/mol. The molecular weight excluding hydrogens is 399 g/mol. The van der Waals surface area contributed by atoms with Gasteiger partial charge in [-0.2, -0.15) is 0 Å². The molecule has 26 heavy (non-hydrogen) atoms. The van der Waals surface area contributed by atoms with Crippen LogP contribution in [0.4, 0.5) is 5.69 Å². The quantitative estimate of drug-likeness (QED) is 0.721. The lowest BCUT2D eigenvalue weighted by molar-refractivity contribution is -0.116. The molecule has 2 N–H and O–H groups in total. The Kier molecular flexibility index (Phi) is 6.88. The van der Waals surface area contributed by atoms with Crippen LogP contribution in [0, 0.1) is 0 Å². The SMILES string of the molecule is COc1ccc([C@H](CC(=O)Nc2ccc(Cl)cc2Cl)NS(C)(=O)=O)cc1. The smallest absolute Gasteiger partial charge is 0.226 e. The Labute approximate surface area is 162 Å². The first-order chi connectivity index (χ1) is 12.2. The first-order valence-corrected chi connectivity index (χ1v) is 10.2. The van der Waals surface area contributed by atoms with Crippen LogP contribution in [0.1, 0.15) is 18.0 Å². The summed E-state index contributed by atoms with van der Waals surface area (Å²) in [5.74, 6) is 0.232. The summed E-state index contributed by atoms with van der Waals surface area (Å²) in [4.78, 5) is 12.4. The van der Waals surface area contributed by atoms with Crippen LogP contribution in [0.5, 0.6) is 5.75 Å². The van der Waals surface area contributed by atoms with Crippen LogP contribution in [0.25, 0.3) is 0 Å². The first-order valence-electron chi connectivity index (χ1n) is 7.54. The van der Waals surface area contributed by atoms with E-state index in [2.05, 4.69) is 10.0 Å². The normalized spacial score (nSPS) is 12.5. The van der Waals surface area contributed by atoms with E-state index in [4.69, 9.17) is 27.9 Å². The van der Waals surface area contributed by atoms with E-state index in [0.717, 1.165) is 6.26 Å². The first kappa shape index (κ1) is 20.5. The number of rotatable bonds is 7. The van der Waals surface area contributed by atoms with Crippen molar-refractivity contribution < 1.29 is 17.9 Å². The molecule has 0 fully saturated rings. The minimum Gasteiger partial charge on any atom is -0.497 e. The van der Waals surface area contributed by atoms with Crippen molar-refractivity contribution in [1.82, 2.24) is 4.72 Å². The van der Waals surface area contributed by atoms with E-state index in [1.807, 2.05) is 0 Å². The molecule has 9 heteroatoms. The second kappa shape index (κ2) is 8.73. The lowest BCUT2D eigenvalue weighted by atomic mass is 10.0. The summed E-state index contributed by atoms with van der Waals surface area (Å²) in [6.07, 6.45) is 0.926. The molecule has 0 saturated carbocycles. The van der Waals surface area contributed by atoms with Gasteiger partial charge in [-0.05, 0) is 35.9 Å². The number of nitrogens with one attached hydrogen (secondary N) is 2. The van der Waals surface area contributed by atoms with Gasteiger partial charge >= 0.3 is 0 Å². The van der Waals surface area contributed by atoms with Gasteiger partial charge in [0.05, 0.1) is 30.1 Å². The van der Waals surface area contributed by atoms with Crippen molar-refractivity contribution in [2.24, 2.45) is 0 Å². The van der Waals surface area contributed by atoms with E-state index in [0.29, 0.717) is 27.0 Å². The van der Waals surface area contributed by atoms with Crippen molar-refractivity contribution in [2.75, 3.05) is 18.7 Å². The summed E-state index contributed by atoms with van der Waals surface area (Å²) in [6.45, 7) is 0. The van der Waals surface area contributed by atoms with Gasteiger partial charge in [0.25, 0.3) is 0 Å². The van der Waals surface area contributed by atoms with Crippen LogP contribution >= 0.6 is 23.2 Å². The van der Waals surface area contributed by atoms with Gasteiger partial charge in [0, 0.05) is 11.4 Å². The molecule has 1 atom stereocenters. The number of ether oxygens (including phenoxy) is 1. The van der Waals surface area contributed by atoms with Gasteiger partial charge in [0.2, 0.25) is 15.9 Å². The third kappa shape index (κ3) is 6.17. The lowest BCUT2D eigenvalue weighted by Crippen LogP contribution is -2.30. The summed E-state index contributed by atoms with van der Waals surface area (Å²) in [7, 11) is -1.99. The van der Waals surface area contributed by atoms with E-state index in [1.54, 1.807) is 36.4 Å². The number of halogens is 2. The minimum atomic E-state index is -3.52. The second-order valence-electron chi connectivity index (χ2n) is 5.59. The van der Waals surface area contributed by atoms with Gasteiger partial charge in [-0.25, -0.2) is 13.1 Å². The highest BCUT2D eigenvalue weighted by Crippen LogP contribution is 2.27. The number of amides is 1. The Morgan fingerprint density at radius 3 is 2.35 bits per heavy atom. The molecule has 0 heterocycles. The lowest BCUT2D eigenvalue weighted by Gasteiger charge is -2.18. The van der Waals surface area contributed by atoms with Crippen LogP contribution in [0.3, 0.4) is 0 Å². The average Bonchev–Trinajstić information content (AvgIpc) is 2.56. The number of carbonyl (C=O) groups excluding carboxylic acids is 1. The summed E-state index contributed by atoms with van der Waals surface area (Å²) in [5.41, 5.74) is 1.03.